The van der Waals surface area contributed by atoms with Crippen LogP contribution in [0.1, 0.15) is 11.1 Å². The first kappa shape index (κ1) is 12.6. The highest BCUT2D eigenvalue weighted by molar-refractivity contribution is 7.80. The molecule has 0 aliphatic carbocycles. The number of cyclic esters (lactones) is 1. The van der Waals surface area contributed by atoms with Gasteiger partial charge in [-0.05, 0) is 36.8 Å². The van der Waals surface area contributed by atoms with E-state index in [0.717, 1.165) is 16.8 Å². The number of thiocarbonyl (C=S) groups is 1. The van der Waals surface area contributed by atoms with E-state index in [1.165, 1.54) is 13.2 Å². The molecule has 4 nitrogen and oxygen atoms in total. The van der Waals surface area contributed by atoms with Gasteiger partial charge >= 0.3 is 5.97 Å². The summed E-state index contributed by atoms with van der Waals surface area (Å²) < 4.78 is 10.1. The lowest BCUT2D eigenvalue weighted by Crippen LogP contribution is -2.20. The van der Waals surface area contributed by atoms with Crippen molar-refractivity contribution < 1.29 is 14.3 Å². The highest BCUT2D eigenvalue weighted by atomic mass is 32.1. The highest BCUT2D eigenvalue weighted by Gasteiger charge is 2.19. The van der Waals surface area contributed by atoms with Crippen LogP contribution in [0.25, 0.3) is 0 Å². The van der Waals surface area contributed by atoms with Gasteiger partial charge in [0.05, 0.1) is 12.7 Å². The minimum atomic E-state index is -0.460. The zero-order valence-electron chi connectivity index (χ0n) is 10.1. The van der Waals surface area contributed by atoms with Crippen molar-refractivity contribution in [3.05, 3.63) is 41.5 Å². The fourth-order valence-corrected chi connectivity index (χ4v) is 2.03. The Balaban J connectivity index is 2.27. The van der Waals surface area contributed by atoms with Gasteiger partial charge in [0.2, 0.25) is 0 Å². The van der Waals surface area contributed by atoms with E-state index < -0.39 is 6.23 Å². The van der Waals surface area contributed by atoms with E-state index in [4.69, 9.17) is 21.7 Å². The van der Waals surface area contributed by atoms with Gasteiger partial charge in [-0.2, -0.15) is 0 Å². The van der Waals surface area contributed by atoms with Crippen LogP contribution in [0.4, 0.5) is 5.69 Å². The van der Waals surface area contributed by atoms with E-state index >= 15 is 0 Å². The number of anilines is 1. The van der Waals surface area contributed by atoms with Crippen molar-refractivity contribution in [1.82, 2.24) is 0 Å². The van der Waals surface area contributed by atoms with Crippen molar-refractivity contribution >= 4 is 28.9 Å². The molecule has 1 N–H and O–H groups in total. The Bertz CT molecular complexity index is 525. The van der Waals surface area contributed by atoms with Crippen molar-refractivity contribution in [3.8, 4) is 0 Å². The van der Waals surface area contributed by atoms with Crippen molar-refractivity contribution in [1.29, 1.82) is 0 Å². The number of carbonyl (C=O) groups excluding carboxylic acids is 1. The monoisotopic (exact) mass is 263 g/mol. The Kier molecular flexibility index (Phi) is 3.62. The zero-order chi connectivity index (χ0) is 13.1. The smallest absolute Gasteiger partial charge is 0.332 e. The summed E-state index contributed by atoms with van der Waals surface area (Å²) in [5.74, 6) is -0.351. The second kappa shape index (κ2) is 5.18. The molecule has 94 valence electrons. The Morgan fingerprint density at radius 3 is 2.89 bits per heavy atom. The second-order valence-electron chi connectivity index (χ2n) is 3.85. The van der Waals surface area contributed by atoms with Crippen LogP contribution in [0.5, 0.6) is 0 Å². The third kappa shape index (κ3) is 2.51. The van der Waals surface area contributed by atoms with Crippen LogP contribution < -0.4 is 5.32 Å². The number of carbonyl (C=O) groups is 1. The molecule has 1 atom stereocenters. The maximum atomic E-state index is 11.0. The summed E-state index contributed by atoms with van der Waals surface area (Å²) in [5.41, 5.74) is 2.60. The van der Waals surface area contributed by atoms with E-state index in [1.54, 1.807) is 6.08 Å². The van der Waals surface area contributed by atoms with Crippen LogP contribution in [0.3, 0.4) is 0 Å². The molecule has 0 bridgehead atoms. The Morgan fingerprint density at radius 1 is 1.50 bits per heavy atom. The van der Waals surface area contributed by atoms with Gasteiger partial charge < -0.3 is 14.8 Å². The van der Waals surface area contributed by atoms with E-state index in [0.29, 0.717) is 5.05 Å². The quantitative estimate of drug-likeness (QED) is 0.669. The number of benzene rings is 1. The lowest BCUT2D eigenvalue weighted by atomic mass is 10.1. The largest absolute Gasteiger partial charge is 0.486 e. The van der Waals surface area contributed by atoms with Gasteiger partial charge in [0.25, 0.3) is 0 Å². The number of rotatable bonds is 3. The lowest BCUT2D eigenvalue weighted by Gasteiger charge is -2.17. The molecule has 0 radical (unpaired) electrons. The average Bonchev–Trinajstić information content (AvgIpc) is 2.74. The molecular formula is C13H13NO3S. The van der Waals surface area contributed by atoms with E-state index in [9.17, 15) is 4.79 Å². The molecule has 1 aromatic carbocycles. The summed E-state index contributed by atoms with van der Waals surface area (Å²) in [4.78, 5) is 11.0. The zero-order valence-corrected chi connectivity index (χ0v) is 10.9. The van der Waals surface area contributed by atoms with Crippen molar-refractivity contribution in [2.24, 2.45) is 0 Å². The van der Waals surface area contributed by atoms with Crippen LogP contribution >= 0.6 is 12.2 Å². The molecule has 1 aliphatic rings. The fraction of sp³-hybridized carbons (Fsp3) is 0.231. The van der Waals surface area contributed by atoms with Gasteiger partial charge in [-0.1, -0.05) is 12.1 Å². The number of methoxy groups -OCH3 is 1. The van der Waals surface area contributed by atoms with Crippen LogP contribution in [0.2, 0.25) is 0 Å². The summed E-state index contributed by atoms with van der Waals surface area (Å²) in [6.07, 6.45) is 2.59. The number of ether oxygens (including phenoxy) is 2. The minimum Gasteiger partial charge on any atom is -0.486 e. The summed E-state index contributed by atoms with van der Waals surface area (Å²) in [5, 5.41) is 3.50. The van der Waals surface area contributed by atoms with Crippen LogP contribution in [0, 0.1) is 6.92 Å². The maximum Gasteiger partial charge on any atom is 0.332 e. The summed E-state index contributed by atoms with van der Waals surface area (Å²) in [6, 6.07) is 5.72. The number of hydrogen-bond donors (Lipinski definition) is 1. The lowest BCUT2D eigenvalue weighted by molar-refractivity contribution is -0.137. The van der Waals surface area contributed by atoms with Gasteiger partial charge in [-0.25, -0.2) is 4.79 Å². The molecule has 2 rings (SSSR count). The molecule has 1 aromatic rings. The van der Waals surface area contributed by atoms with Crippen molar-refractivity contribution in [2.45, 2.75) is 13.2 Å². The molecule has 18 heavy (non-hydrogen) atoms. The van der Waals surface area contributed by atoms with Gasteiger partial charge in [0.15, 0.2) is 11.3 Å². The van der Waals surface area contributed by atoms with Crippen LogP contribution in [0.15, 0.2) is 30.4 Å². The molecule has 0 aromatic heterocycles. The van der Waals surface area contributed by atoms with E-state index in [-0.39, 0.29) is 5.97 Å². The first-order valence-electron chi connectivity index (χ1n) is 5.45. The number of hydrogen-bond acceptors (Lipinski definition) is 5. The topological polar surface area (TPSA) is 47.6 Å². The standard InChI is InChI=1S/C13H13NO3S/c1-8-4-3-5-9(12(8)13(18)16-2)14-10-6-7-11(15)17-10/h3-7,10,14H,1-2H3. The van der Waals surface area contributed by atoms with Crippen LogP contribution in [-0.4, -0.2) is 24.4 Å². The molecule has 0 saturated carbocycles. The molecule has 0 spiro atoms. The van der Waals surface area contributed by atoms with Gasteiger partial charge in [-0.3, -0.25) is 0 Å². The SMILES string of the molecule is COC(=S)c1c(C)cccc1NC1C=CC(=O)O1. The first-order chi connectivity index (χ1) is 8.61. The highest BCUT2D eigenvalue weighted by Crippen LogP contribution is 2.23. The van der Waals surface area contributed by atoms with Gasteiger partial charge in [-0.15, -0.1) is 0 Å². The molecule has 1 unspecified atom stereocenters. The predicted octanol–water partition coefficient (Wildman–Crippen LogP) is 2.17. The summed E-state index contributed by atoms with van der Waals surface area (Å²) in [6.45, 7) is 1.95. The second-order valence-corrected chi connectivity index (χ2v) is 4.22. The predicted molar refractivity (Wildman–Crippen MR) is 72.5 cm³/mol. The number of esters is 1. The number of nitrogens with one attached hydrogen (secondary N) is 1. The Labute approximate surface area is 111 Å². The summed E-state index contributed by atoms with van der Waals surface area (Å²) in [7, 11) is 1.54. The maximum absolute atomic E-state index is 11.0. The fourth-order valence-electron chi connectivity index (χ4n) is 1.76. The van der Waals surface area contributed by atoms with E-state index in [2.05, 4.69) is 5.32 Å². The van der Waals surface area contributed by atoms with Gasteiger partial charge in [0.1, 0.15) is 0 Å². The van der Waals surface area contributed by atoms with Gasteiger partial charge in [0, 0.05) is 11.8 Å². The molecular weight excluding hydrogens is 250 g/mol. The molecule has 1 aliphatic heterocycles. The van der Waals surface area contributed by atoms with E-state index in [1.807, 2.05) is 25.1 Å². The molecule has 0 amide bonds. The molecule has 0 fully saturated rings. The Hall–Kier alpha value is -1.88. The first-order valence-corrected chi connectivity index (χ1v) is 5.86. The molecule has 1 heterocycles. The molecule has 5 heteroatoms. The normalized spacial score (nSPS) is 17.4. The average molecular weight is 263 g/mol. The third-order valence-corrected chi connectivity index (χ3v) is 2.98. The third-order valence-electron chi connectivity index (χ3n) is 2.61. The van der Waals surface area contributed by atoms with Crippen molar-refractivity contribution in [2.75, 3.05) is 12.4 Å². The summed E-state index contributed by atoms with van der Waals surface area (Å²) >= 11 is 5.17. The Morgan fingerprint density at radius 2 is 2.28 bits per heavy atom. The molecule has 0 saturated heterocycles. The number of aryl methyl sites for hydroxylation is 1. The van der Waals surface area contributed by atoms with Crippen molar-refractivity contribution in [3.63, 3.8) is 0 Å². The minimum absolute atomic E-state index is 0.351. The van der Waals surface area contributed by atoms with Crippen LogP contribution in [-0.2, 0) is 14.3 Å².